The minimum Gasteiger partial charge on any atom is -0.272 e. The van der Waals surface area contributed by atoms with E-state index in [1.165, 1.54) is 24.1 Å². The first-order chi connectivity index (χ1) is 5.08. The molecule has 0 radical (unpaired) electrons. The van der Waals surface area contributed by atoms with E-state index in [0.29, 0.717) is 5.41 Å². The second-order valence-corrected chi connectivity index (χ2v) is 4.26. The van der Waals surface area contributed by atoms with Crippen molar-refractivity contribution in [3.05, 3.63) is 17.5 Å². The van der Waals surface area contributed by atoms with Crippen LogP contribution < -0.4 is 0 Å². The first kappa shape index (κ1) is 6.89. The predicted molar refractivity (Wildman–Crippen MR) is 44.4 cm³/mol. The van der Waals surface area contributed by atoms with Crippen molar-refractivity contribution in [2.75, 3.05) is 0 Å². The van der Waals surface area contributed by atoms with Crippen LogP contribution in [-0.2, 0) is 19.9 Å². The Morgan fingerprint density at radius 1 is 1.45 bits per heavy atom. The zero-order valence-electron chi connectivity index (χ0n) is 7.39. The number of hydrogen-bond acceptors (Lipinski definition) is 1. The average Bonchev–Trinajstić information content (AvgIpc) is 2.31. The van der Waals surface area contributed by atoms with Gasteiger partial charge in [0.15, 0.2) is 0 Å². The molecule has 0 amide bonds. The van der Waals surface area contributed by atoms with Crippen LogP contribution in [-0.4, -0.2) is 9.78 Å². The van der Waals surface area contributed by atoms with Crippen LogP contribution in [0.5, 0.6) is 0 Å². The molecule has 0 fully saturated rings. The molecule has 1 aliphatic carbocycles. The molecule has 1 aromatic heterocycles. The molecule has 0 N–H and O–H groups in total. The Morgan fingerprint density at radius 2 is 2.18 bits per heavy atom. The van der Waals surface area contributed by atoms with Crippen molar-refractivity contribution in [1.29, 1.82) is 0 Å². The molecule has 0 aliphatic heterocycles. The van der Waals surface area contributed by atoms with Crippen LogP contribution >= 0.6 is 0 Å². The van der Waals surface area contributed by atoms with E-state index in [0.717, 1.165) is 0 Å². The fraction of sp³-hybridized carbons (Fsp3) is 0.667. The van der Waals surface area contributed by atoms with Gasteiger partial charge in [-0.1, -0.05) is 13.8 Å². The molecule has 2 nitrogen and oxygen atoms in total. The van der Waals surface area contributed by atoms with Crippen LogP contribution in [0.4, 0.5) is 0 Å². The van der Waals surface area contributed by atoms with E-state index >= 15 is 0 Å². The number of rotatable bonds is 0. The molecule has 1 aromatic rings. The molecule has 1 heterocycles. The van der Waals surface area contributed by atoms with Gasteiger partial charge in [0.1, 0.15) is 0 Å². The summed E-state index contributed by atoms with van der Waals surface area (Å²) in [6, 6.07) is 0. The molecule has 60 valence electrons. The molecular formula is C9H14N2. The maximum atomic E-state index is 4.22. The van der Waals surface area contributed by atoms with Gasteiger partial charge in [-0.2, -0.15) is 5.10 Å². The largest absolute Gasteiger partial charge is 0.272 e. The van der Waals surface area contributed by atoms with Crippen molar-refractivity contribution >= 4 is 0 Å². The van der Waals surface area contributed by atoms with Crippen LogP contribution in [0.15, 0.2) is 6.20 Å². The molecule has 0 bridgehead atoms. The maximum absolute atomic E-state index is 4.22. The van der Waals surface area contributed by atoms with Crippen LogP contribution in [0.2, 0.25) is 0 Å². The standard InChI is InChI=1S/C9H14N2/c1-9(2)4-7-6-10-11(3)8(7)5-9/h6H,4-5H2,1-3H3. The number of nitrogens with zero attached hydrogens (tertiary/aromatic N) is 2. The van der Waals surface area contributed by atoms with Gasteiger partial charge in [0.05, 0.1) is 6.20 Å². The van der Waals surface area contributed by atoms with Gasteiger partial charge in [-0.3, -0.25) is 4.68 Å². The summed E-state index contributed by atoms with van der Waals surface area (Å²) in [6.07, 6.45) is 4.37. The van der Waals surface area contributed by atoms with Gasteiger partial charge in [-0.15, -0.1) is 0 Å². The van der Waals surface area contributed by atoms with Crippen molar-refractivity contribution < 1.29 is 0 Å². The maximum Gasteiger partial charge on any atom is 0.0524 e. The lowest BCUT2D eigenvalue weighted by Gasteiger charge is -2.15. The van der Waals surface area contributed by atoms with E-state index in [1.807, 2.05) is 17.9 Å². The second-order valence-electron chi connectivity index (χ2n) is 4.26. The van der Waals surface area contributed by atoms with E-state index in [4.69, 9.17) is 0 Å². The second kappa shape index (κ2) is 1.87. The number of aryl methyl sites for hydroxylation is 1. The van der Waals surface area contributed by atoms with E-state index in [-0.39, 0.29) is 0 Å². The Hall–Kier alpha value is -0.790. The molecule has 0 saturated heterocycles. The summed E-state index contributed by atoms with van der Waals surface area (Å²) in [7, 11) is 2.03. The summed E-state index contributed by atoms with van der Waals surface area (Å²) in [5, 5.41) is 4.22. The van der Waals surface area contributed by atoms with Gasteiger partial charge in [0, 0.05) is 12.7 Å². The van der Waals surface area contributed by atoms with E-state index < -0.39 is 0 Å². The number of fused-ring (bicyclic) bond motifs is 1. The Morgan fingerprint density at radius 3 is 2.82 bits per heavy atom. The fourth-order valence-corrected chi connectivity index (χ4v) is 1.92. The highest BCUT2D eigenvalue weighted by Crippen LogP contribution is 2.35. The Balaban J connectivity index is 2.42. The Bertz CT molecular complexity index is 284. The quantitative estimate of drug-likeness (QED) is 0.548. The van der Waals surface area contributed by atoms with E-state index in [2.05, 4.69) is 18.9 Å². The highest BCUT2D eigenvalue weighted by atomic mass is 15.3. The first-order valence-electron chi connectivity index (χ1n) is 4.08. The third-order valence-electron chi connectivity index (χ3n) is 2.46. The number of aromatic nitrogens is 2. The first-order valence-corrected chi connectivity index (χ1v) is 4.08. The molecule has 0 saturated carbocycles. The minimum absolute atomic E-state index is 0.464. The highest BCUT2D eigenvalue weighted by Gasteiger charge is 2.30. The lowest BCUT2D eigenvalue weighted by atomic mass is 9.91. The smallest absolute Gasteiger partial charge is 0.0524 e. The summed E-state index contributed by atoms with van der Waals surface area (Å²) in [5.74, 6) is 0. The van der Waals surface area contributed by atoms with Crippen molar-refractivity contribution in [3.8, 4) is 0 Å². The van der Waals surface area contributed by atoms with Crippen molar-refractivity contribution in [2.24, 2.45) is 12.5 Å². The summed E-state index contributed by atoms with van der Waals surface area (Å²) >= 11 is 0. The van der Waals surface area contributed by atoms with E-state index in [9.17, 15) is 0 Å². The van der Waals surface area contributed by atoms with Gasteiger partial charge in [0.2, 0.25) is 0 Å². The monoisotopic (exact) mass is 150 g/mol. The molecule has 1 aliphatic rings. The van der Waals surface area contributed by atoms with Gasteiger partial charge in [0.25, 0.3) is 0 Å². The van der Waals surface area contributed by atoms with Crippen LogP contribution in [0.3, 0.4) is 0 Å². The van der Waals surface area contributed by atoms with Crippen LogP contribution in [0.1, 0.15) is 25.1 Å². The predicted octanol–water partition coefficient (Wildman–Crippen LogP) is 1.54. The third-order valence-corrected chi connectivity index (χ3v) is 2.46. The highest BCUT2D eigenvalue weighted by molar-refractivity contribution is 5.26. The summed E-state index contributed by atoms with van der Waals surface area (Å²) in [5.41, 5.74) is 3.33. The summed E-state index contributed by atoms with van der Waals surface area (Å²) in [4.78, 5) is 0. The minimum atomic E-state index is 0.464. The summed E-state index contributed by atoms with van der Waals surface area (Å²) in [6.45, 7) is 4.62. The average molecular weight is 150 g/mol. The molecular weight excluding hydrogens is 136 g/mol. The number of hydrogen-bond donors (Lipinski definition) is 0. The molecule has 0 aromatic carbocycles. The molecule has 2 heteroatoms. The van der Waals surface area contributed by atoms with E-state index in [1.54, 1.807) is 0 Å². The summed E-state index contributed by atoms with van der Waals surface area (Å²) < 4.78 is 2.00. The molecule has 0 spiro atoms. The zero-order valence-corrected chi connectivity index (χ0v) is 7.39. The Kier molecular flexibility index (Phi) is 1.17. The normalized spacial score (nSPS) is 20.3. The third kappa shape index (κ3) is 0.971. The molecule has 0 atom stereocenters. The van der Waals surface area contributed by atoms with Crippen LogP contribution in [0, 0.1) is 5.41 Å². The fourth-order valence-electron chi connectivity index (χ4n) is 1.92. The molecule has 0 unspecified atom stereocenters. The van der Waals surface area contributed by atoms with Gasteiger partial charge in [-0.05, 0) is 23.8 Å². The van der Waals surface area contributed by atoms with Crippen molar-refractivity contribution in [2.45, 2.75) is 26.7 Å². The van der Waals surface area contributed by atoms with Crippen molar-refractivity contribution in [1.82, 2.24) is 9.78 Å². The lowest BCUT2D eigenvalue weighted by Crippen LogP contribution is -2.12. The topological polar surface area (TPSA) is 17.8 Å². The van der Waals surface area contributed by atoms with Gasteiger partial charge >= 0.3 is 0 Å². The Labute approximate surface area is 67.2 Å². The van der Waals surface area contributed by atoms with Crippen molar-refractivity contribution in [3.63, 3.8) is 0 Å². The van der Waals surface area contributed by atoms with Crippen LogP contribution in [0.25, 0.3) is 0 Å². The zero-order chi connectivity index (χ0) is 8.06. The molecule has 11 heavy (non-hydrogen) atoms. The molecule has 2 rings (SSSR count). The SMILES string of the molecule is Cn1ncc2c1CC(C)(C)C2. The lowest BCUT2D eigenvalue weighted by molar-refractivity contribution is 0.383. The van der Waals surface area contributed by atoms with Gasteiger partial charge < -0.3 is 0 Å². The van der Waals surface area contributed by atoms with Gasteiger partial charge in [-0.25, -0.2) is 0 Å².